The maximum atomic E-state index is 10.7. The Labute approximate surface area is 62.3 Å². The van der Waals surface area contributed by atoms with Crippen molar-refractivity contribution in [1.29, 1.82) is 0 Å². The standard InChI is InChI=1S/C7H7N3O/c11-7-9-4-6(10-7)5-1-2-8-3-5/h1-4,8H,(H2,9,10,11). The summed E-state index contributed by atoms with van der Waals surface area (Å²) in [6.07, 6.45) is 5.27. The van der Waals surface area contributed by atoms with E-state index in [-0.39, 0.29) is 5.69 Å². The molecule has 2 aromatic rings. The first-order valence-electron chi connectivity index (χ1n) is 3.27. The highest BCUT2D eigenvalue weighted by atomic mass is 16.1. The van der Waals surface area contributed by atoms with Crippen LogP contribution in [-0.4, -0.2) is 15.0 Å². The van der Waals surface area contributed by atoms with E-state index < -0.39 is 0 Å². The zero-order valence-corrected chi connectivity index (χ0v) is 5.72. The quantitative estimate of drug-likeness (QED) is 0.549. The monoisotopic (exact) mass is 149 g/mol. The van der Waals surface area contributed by atoms with Gasteiger partial charge in [-0.05, 0) is 6.07 Å². The SMILES string of the molecule is O=c1[nH]cc(-c2cc[nH]c2)[nH]1. The van der Waals surface area contributed by atoms with Gasteiger partial charge in [-0.1, -0.05) is 0 Å². The summed E-state index contributed by atoms with van der Waals surface area (Å²) in [5.74, 6) is 0. The Morgan fingerprint density at radius 3 is 2.73 bits per heavy atom. The predicted molar refractivity (Wildman–Crippen MR) is 41.2 cm³/mol. The smallest absolute Gasteiger partial charge is 0.323 e. The maximum absolute atomic E-state index is 10.7. The van der Waals surface area contributed by atoms with Crippen LogP contribution in [0, 0.1) is 0 Å². The molecule has 0 aliphatic rings. The van der Waals surface area contributed by atoms with Gasteiger partial charge in [0.15, 0.2) is 0 Å². The van der Waals surface area contributed by atoms with Gasteiger partial charge in [-0.2, -0.15) is 0 Å². The van der Waals surface area contributed by atoms with Gasteiger partial charge in [-0.3, -0.25) is 0 Å². The molecular weight excluding hydrogens is 142 g/mol. The lowest BCUT2D eigenvalue weighted by Gasteiger charge is -1.85. The minimum Gasteiger partial charge on any atom is -0.367 e. The molecule has 0 fully saturated rings. The van der Waals surface area contributed by atoms with Crippen molar-refractivity contribution >= 4 is 0 Å². The molecule has 4 nitrogen and oxygen atoms in total. The molecule has 0 aliphatic carbocycles. The largest absolute Gasteiger partial charge is 0.367 e. The summed E-state index contributed by atoms with van der Waals surface area (Å²) >= 11 is 0. The van der Waals surface area contributed by atoms with Crippen LogP contribution < -0.4 is 5.69 Å². The molecule has 4 heteroatoms. The number of rotatable bonds is 1. The Morgan fingerprint density at radius 1 is 1.27 bits per heavy atom. The summed E-state index contributed by atoms with van der Waals surface area (Å²) in [7, 11) is 0. The van der Waals surface area contributed by atoms with Crippen molar-refractivity contribution in [2.24, 2.45) is 0 Å². The summed E-state index contributed by atoms with van der Waals surface area (Å²) in [6.45, 7) is 0. The number of hydrogen-bond donors (Lipinski definition) is 3. The Morgan fingerprint density at radius 2 is 2.18 bits per heavy atom. The minimum atomic E-state index is -0.179. The van der Waals surface area contributed by atoms with Crippen molar-refractivity contribution in [2.75, 3.05) is 0 Å². The van der Waals surface area contributed by atoms with E-state index >= 15 is 0 Å². The summed E-state index contributed by atoms with van der Waals surface area (Å²) < 4.78 is 0. The van der Waals surface area contributed by atoms with Crippen molar-refractivity contribution in [1.82, 2.24) is 15.0 Å². The van der Waals surface area contributed by atoms with Crippen molar-refractivity contribution < 1.29 is 0 Å². The highest BCUT2D eigenvalue weighted by Crippen LogP contribution is 2.11. The molecule has 56 valence electrons. The fourth-order valence-corrected chi connectivity index (χ4v) is 0.979. The molecule has 11 heavy (non-hydrogen) atoms. The fourth-order valence-electron chi connectivity index (χ4n) is 0.979. The lowest BCUT2D eigenvalue weighted by atomic mass is 10.3. The Balaban J connectivity index is 2.53. The molecular formula is C7H7N3O. The molecule has 0 radical (unpaired) electrons. The van der Waals surface area contributed by atoms with E-state index in [0.29, 0.717) is 0 Å². The Bertz CT molecular complexity index is 382. The average molecular weight is 149 g/mol. The number of nitrogens with one attached hydrogen (secondary N) is 3. The predicted octanol–water partition coefficient (Wildman–Crippen LogP) is 0.698. The van der Waals surface area contributed by atoms with Crippen LogP contribution in [0.1, 0.15) is 0 Å². The molecule has 0 aliphatic heterocycles. The topological polar surface area (TPSA) is 64.4 Å². The first-order valence-corrected chi connectivity index (χ1v) is 3.27. The van der Waals surface area contributed by atoms with Gasteiger partial charge in [0.1, 0.15) is 0 Å². The number of aromatic amines is 3. The zero-order chi connectivity index (χ0) is 7.68. The van der Waals surface area contributed by atoms with E-state index in [9.17, 15) is 4.79 Å². The van der Waals surface area contributed by atoms with Crippen molar-refractivity contribution in [3.05, 3.63) is 35.1 Å². The number of hydrogen-bond acceptors (Lipinski definition) is 1. The fraction of sp³-hybridized carbons (Fsp3) is 0. The summed E-state index contributed by atoms with van der Waals surface area (Å²) in [5.41, 5.74) is 1.60. The zero-order valence-electron chi connectivity index (χ0n) is 5.72. The van der Waals surface area contributed by atoms with Gasteiger partial charge >= 0.3 is 5.69 Å². The summed E-state index contributed by atoms with van der Waals surface area (Å²) in [5, 5.41) is 0. The minimum absolute atomic E-state index is 0.179. The van der Waals surface area contributed by atoms with Gasteiger partial charge in [-0.15, -0.1) is 0 Å². The average Bonchev–Trinajstić information content (AvgIpc) is 2.55. The molecule has 2 aromatic heterocycles. The van der Waals surface area contributed by atoms with E-state index in [0.717, 1.165) is 11.3 Å². The third kappa shape index (κ3) is 0.980. The Hall–Kier alpha value is -1.71. The van der Waals surface area contributed by atoms with E-state index in [1.165, 1.54) is 0 Å². The van der Waals surface area contributed by atoms with Crippen LogP contribution in [0.4, 0.5) is 0 Å². The van der Waals surface area contributed by atoms with E-state index in [1.54, 1.807) is 12.4 Å². The summed E-state index contributed by atoms with van der Waals surface area (Å²) in [6, 6.07) is 1.89. The third-order valence-corrected chi connectivity index (χ3v) is 1.50. The van der Waals surface area contributed by atoms with Crippen molar-refractivity contribution in [3.63, 3.8) is 0 Å². The third-order valence-electron chi connectivity index (χ3n) is 1.50. The van der Waals surface area contributed by atoms with Gasteiger partial charge in [0, 0.05) is 24.2 Å². The first-order chi connectivity index (χ1) is 5.36. The van der Waals surface area contributed by atoms with Crippen molar-refractivity contribution in [2.45, 2.75) is 0 Å². The first kappa shape index (κ1) is 6.03. The van der Waals surface area contributed by atoms with Crippen molar-refractivity contribution in [3.8, 4) is 11.3 Å². The van der Waals surface area contributed by atoms with Crippen LogP contribution in [0.25, 0.3) is 11.3 Å². The van der Waals surface area contributed by atoms with Gasteiger partial charge in [0.25, 0.3) is 0 Å². The molecule has 3 N–H and O–H groups in total. The number of aromatic nitrogens is 3. The maximum Gasteiger partial charge on any atom is 0.323 e. The molecule has 2 heterocycles. The highest BCUT2D eigenvalue weighted by Gasteiger charge is 1.97. The van der Waals surface area contributed by atoms with Gasteiger partial charge in [0.2, 0.25) is 0 Å². The molecule has 0 unspecified atom stereocenters. The van der Waals surface area contributed by atoms with E-state index in [4.69, 9.17) is 0 Å². The van der Waals surface area contributed by atoms with Crippen LogP contribution in [0.2, 0.25) is 0 Å². The van der Waals surface area contributed by atoms with Crippen LogP contribution in [0.15, 0.2) is 29.5 Å². The lowest BCUT2D eigenvalue weighted by molar-refractivity contribution is 1.19. The second-order valence-corrected chi connectivity index (χ2v) is 2.26. The second kappa shape index (κ2) is 2.16. The lowest BCUT2D eigenvalue weighted by Crippen LogP contribution is -1.99. The van der Waals surface area contributed by atoms with Gasteiger partial charge in [0.05, 0.1) is 5.69 Å². The van der Waals surface area contributed by atoms with Gasteiger partial charge in [-0.25, -0.2) is 4.79 Å². The van der Waals surface area contributed by atoms with Gasteiger partial charge < -0.3 is 15.0 Å². The molecule has 2 rings (SSSR count). The summed E-state index contributed by atoms with van der Waals surface area (Å²) in [4.78, 5) is 18.7. The van der Waals surface area contributed by atoms with Crippen LogP contribution >= 0.6 is 0 Å². The second-order valence-electron chi connectivity index (χ2n) is 2.26. The number of H-pyrrole nitrogens is 3. The van der Waals surface area contributed by atoms with E-state index in [1.807, 2.05) is 12.3 Å². The molecule has 0 amide bonds. The molecule has 0 spiro atoms. The molecule has 0 atom stereocenters. The van der Waals surface area contributed by atoms with E-state index in [2.05, 4.69) is 15.0 Å². The van der Waals surface area contributed by atoms with Crippen LogP contribution in [0.5, 0.6) is 0 Å². The van der Waals surface area contributed by atoms with Crippen LogP contribution in [-0.2, 0) is 0 Å². The molecule has 0 saturated heterocycles. The molecule has 0 saturated carbocycles. The van der Waals surface area contributed by atoms with Crippen LogP contribution in [0.3, 0.4) is 0 Å². The highest BCUT2D eigenvalue weighted by molar-refractivity contribution is 5.56. The Kier molecular flexibility index (Phi) is 1.18. The molecule has 0 aromatic carbocycles. The molecule has 0 bridgehead atoms. The number of imidazole rings is 1. The normalized spacial score (nSPS) is 10.2.